The van der Waals surface area contributed by atoms with Crippen molar-refractivity contribution in [1.82, 2.24) is 40.5 Å². The summed E-state index contributed by atoms with van der Waals surface area (Å²) in [5.41, 5.74) is -0.180. The van der Waals surface area contributed by atoms with E-state index >= 15 is 0 Å². The summed E-state index contributed by atoms with van der Waals surface area (Å²) in [6.45, 7) is 30.9. The van der Waals surface area contributed by atoms with Crippen molar-refractivity contribution in [3.05, 3.63) is 0 Å². The Morgan fingerprint density at radius 1 is 0.417 bits per heavy atom. The van der Waals surface area contributed by atoms with Crippen LogP contribution in [0, 0.1) is 0 Å². The predicted octanol–water partition coefficient (Wildman–Crippen LogP) is 9.26. The Balaban J connectivity index is 1.56. The fourth-order valence-corrected chi connectivity index (χ4v) is 9.19. The summed E-state index contributed by atoms with van der Waals surface area (Å²) in [6, 6.07) is 1.85. The number of unbranched alkanes of at least 4 members (excludes halogenated alkanes) is 7. The molecule has 0 aliphatic carbocycles. The molecule has 4 heterocycles. The monoisotopic (exact) mass is 841 g/mol. The van der Waals surface area contributed by atoms with Gasteiger partial charge in [0.25, 0.3) is 0 Å². The van der Waals surface area contributed by atoms with E-state index in [1.807, 2.05) is 0 Å². The second-order valence-corrected chi connectivity index (χ2v) is 19.9. The molecule has 2 fully saturated rings. The van der Waals surface area contributed by atoms with Gasteiger partial charge in [-0.1, -0.05) is 66.2 Å². The molecule has 2 N–H and O–H groups in total. The number of ether oxygens (including phenoxy) is 4. The first kappa shape index (κ1) is 49.4. The number of hydrogen-bond donors (Lipinski definition) is 2. The van der Waals surface area contributed by atoms with Crippen LogP contribution in [0.25, 0.3) is 0 Å². The van der Waals surface area contributed by atoms with Crippen LogP contribution >= 0.6 is 0 Å². The molecule has 2 aliphatic heterocycles. The van der Waals surface area contributed by atoms with E-state index in [1.54, 1.807) is 0 Å². The Morgan fingerprint density at radius 3 is 0.933 bits per heavy atom. The van der Waals surface area contributed by atoms with E-state index in [0.29, 0.717) is 62.4 Å². The van der Waals surface area contributed by atoms with Crippen LogP contribution in [0.5, 0.6) is 24.0 Å². The van der Waals surface area contributed by atoms with E-state index < -0.39 is 0 Å². The molecule has 2 aliphatic rings. The third-order valence-corrected chi connectivity index (χ3v) is 11.4. The zero-order chi connectivity index (χ0) is 43.8. The number of rotatable bonds is 27. The number of piperidine rings is 2. The molecule has 14 heteroatoms. The minimum Gasteiger partial charge on any atom is -0.463 e. The summed E-state index contributed by atoms with van der Waals surface area (Å²) < 4.78 is 24.4. The van der Waals surface area contributed by atoms with Crippen molar-refractivity contribution in [1.29, 1.82) is 0 Å². The summed E-state index contributed by atoms with van der Waals surface area (Å²) in [7, 11) is 0. The Hall–Kier alpha value is -3.26. The molecule has 342 valence electrons. The predicted molar refractivity (Wildman–Crippen MR) is 243 cm³/mol. The summed E-state index contributed by atoms with van der Waals surface area (Å²) in [6.07, 6.45) is 15.9. The van der Waals surface area contributed by atoms with Gasteiger partial charge >= 0.3 is 24.0 Å². The standard InChI is InChI=1S/C46H84N10O4/c1-13-17-27-57-39-47-37(48-40(51-39)58-28-18-14-2)55(35-31-43(5,6)53-44(7,8)32-35)25-23-21-22-24-26-56(36-33-45(9,10)54-46(11,12)34-36)38-49-41(59-29-19-15-3)52-42(50-38)60-30-20-16-4/h35-36,53-54H,13-34H2,1-12H3. The first-order valence-electron chi connectivity index (χ1n) is 23.6. The van der Waals surface area contributed by atoms with Gasteiger partial charge in [0.1, 0.15) is 0 Å². The second kappa shape index (κ2) is 23.3. The SMILES string of the molecule is CCCCOc1nc(OCCCC)nc(N(CCCCCCN(c2nc(OCCCC)nc(OCCCC)n2)C2CC(C)(C)NC(C)(C)C2)C2CC(C)(C)NC(C)(C)C2)n1. The van der Waals surface area contributed by atoms with E-state index in [1.165, 1.54) is 0 Å². The number of nitrogens with zero attached hydrogens (tertiary/aromatic N) is 8. The van der Waals surface area contributed by atoms with E-state index in [0.717, 1.165) is 116 Å². The zero-order valence-corrected chi connectivity index (χ0v) is 39.9. The molecule has 0 amide bonds. The lowest BCUT2D eigenvalue weighted by atomic mass is 9.79. The van der Waals surface area contributed by atoms with Crippen molar-refractivity contribution in [2.45, 2.75) is 220 Å². The van der Waals surface area contributed by atoms with Gasteiger partial charge in [-0.15, -0.1) is 9.97 Å². The minimum atomic E-state index is -0.0450. The van der Waals surface area contributed by atoms with Gasteiger partial charge in [-0.3, -0.25) is 0 Å². The van der Waals surface area contributed by atoms with Crippen LogP contribution in [0.15, 0.2) is 0 Å². The van der Waals surface area contributed by atoms with Crippen LogP contribution in [0.3, 0.4) is 0 Å². The quantitative estimate of drug-likeness (QED) is 0.0825. The molecule has 0 unspecified atom stereocenters. The van der Waals surface area contributed by atoms with Gasteiger partial charge in [-0.25, -0.2) is 0 Å². The first-order chi connectivity index (χ1) is 28.5. The molecule has 60 heavy (non-hydrogen) atoms. The van der Waals surface area contributed by atoms with Crippen molar-refractivity contribution in [3.8, 4) is 24.0 Å². The maximum Gasteiger partial charge on any atom is 0.324 e. The summed E-state index contributed by atoms with van der Waals surface area (Å²) in [5.74, 6) is 1.29. The van der Waals surface area contributed by atoms with Gasteiger partial charge in [-0.05, 0) is 120 Å². The molecule has 0 spiro atoms. The van der Waals surface area contributed by atoms with Crippen LogP contribution < -0.4 is 39.4 Å². The Kier molecular flexibility index (Phi) is 19.1. The van der Waals surface area contributed by atoms with Gasteiger partial charge in [0.05, 0.1) is 26.4 Å². The fraction of sp³-hybridized carbons (Fsp3) is 0.870. The van der Waals surface area contributed by atoms with Crippen molar-refractivity contribution in [3.63, 3.8) is 0 Å². The highest BCUT2D eigenvalue weighted by Gasteiger charge is 2.42. The van der Waals surface area contributed by atoms with Crippen molar-refractivity contribution in [2.24, 2.45) is 0 Å². The molecule has 2 aromatic heterocycles. The molecular formula is C46H84N10O4. The van der Waals surface area contributed by atoms with E-state index in [4.69, 9.17) is 38.9 Å². The summed E-state index contributed by atoms with van der Waals surface area (Å²) in [5, 5.41) is 7.74. The third-order valence-electron chi connectivity index (χ3n) is 11.4. The van der Waals surface area contributed by atoms with Gasteiger partial charge < -0.3 is 39.4 Å². The van der Waals surface area contributed by atoms with Gasteiger partial charge in [-0.2, -0.15) is 19.9 Å². The molecular weight excluding hydrogens is 757 g/mol. The molecule has 14 nitrogen and oxygen atoms in total. The Morgan fingerprint density at radius 2 is 0.683 bits per heavy atom. The highest BCUT2D eigenvalue weighted by molar-refractivity contribution is 5.36. The smallest absolute Gasteiger partial charge is 0.324 e. The van der Waals surface area contributed by atoms with Crippen LogP contribution in [0.4, 0.5) is 11.9 Å². The largest absolute Gasteiger partial charge is 0.463 e. The van der Waals surface area contributed by atoms with Crippen molar-refractivity contribution < 1.29 is 18.9 Å². The lowest BCUT2D eigenvalue weighted by Crippen LogP contribution is -2.62. The Bertz CT molecular complexity index is 1350. The summed E-state index contributed by atoms with van der Waals surface area (Å²) >= 11 is 0. The normalized spacial score (nSPS) is 18.5. The van der Waals surface area contributed by atoms with Crippen LogP contribution in [-0.2, 0) is 0 Å². The average Bonchev–Trinajstić information content (AvgIpc) is 3.14. The molecule has 2 aromatic rings. The Labute approximate surface area is 363 Å². The lowest BCUT2D eigenvalue weighted by Gasteiger charge is -2.49. The lowest BCUT2D eigenvalue weighted by molar-refractivity contribution is 0.156. The first-order valence-corrected chi connectivity index (χ1v) is 23.6. The fourth-order valence-electron chi connectivity index (χ4n) is 9.19. The molecule has 0 radical (unpaired) electrons. The minimum absolute atomic E-state index is 0.0450. The third kappa shape index (κ3) is 16.5. The highest BCUT2D eigenvalue weighted by atomic mass is 16.5. The van der Waals surface area contributed by atoms with Gasteiger partial charge in [0.15, 0.2) is 0 Å². The maximum absolute atomic E-state index is 6.09. The van der Waals surface area contributed by atoms with Crippen molar-refractivity contribution >= 4 is 11.9 Å². The van der Waals surface area contributed by atoms with E-state index in [-0.39, 0.29) is 34.2 Å². The molecule has 0 saturated carbocycles. The van der Waals surface area contributed by atoms with Crippen LogP contribution in [-0.4, -0.2) is 104 Å². The molecule has 0 aromatic carbocycles. The zero-order valence-electron chi connectivity index (χ0n) is 39.9. The maximum atomic E-state index is 6.09. The molecule has 4 rings (SSSR count). The van der Waals surface area contributed by atoms with Gasteiger partial charge in [0.2, 0.25) is 11.9 Å². The van der Waals surface area contributed by atoms with Gasteiger partial charge in [0, 0.05) is 47.3 Å². The number of anilines is 2. The number of hydrogen-bond acceptors (Lipinski definition) is 14. The summed E-state index contributed by atoms with van der Waals surface area (Å²) in [4.78, 5) is 33.8. The van der Waals surface area contributed by atoms with Crippen LogP contribution in [0.2, 0.25) is 0 Å². The second-order valence-electron chi connectivity index (χ2n) is 19.9. The van der Waals surface area contributed by atoms with Crippen molar-refractivity contribution in [2.75, 3.05) is 49.3 Å². The average molecular weight is 841 g/mol. The molecule has 2 saturated heterocycles. The van der Waals surface area contributed by atoms with Crippen LogP contribution in [0.1, 0.15) is 186 Å². The topological polar surface area (TPSA) is 145 Å². The molecule has 0 atom stereocenters. The number of nitrogens with one attached hydrogen (secondary N) is 2. The molecule has 0 bridgehead atoms. The number of aromatic nitrogens is 6. The van der Waals surface area contributed by atoms with E-state index in [2.05, 4.69) is 113 Å². The van der Waals surface area contributed by atoms with E-state index in [9.17, 15) is 0 Å². The highest BCUT2D eigenvalue weighted by Crippen LogP contribution is 2.36.